The SMILES string of the molecule is CCc1ccc(N2C(=O)C(=O)/C(=C(/O)c3cc(C)c(OC)cc3C)C2c2ccc(OC)cc2)cc1. The Hall–Kier alpha value is -4.06. The summed E-state index contributed by atoms with van der Waals surface area (Å²) in [6, 6.07) is 17.5. The molecule has 1 N–H and O–H groups in total. The molecule has 3 aromatic rings. The molecule has 1 aliphatic heterocycles. The van der Waals surface area contributed by atoms with E-state index in [1.807, 2.05) is 56.3 Å². The van der Waals surface area contributed by atoms with Crippen molar-refractivity contribution in [3.05, 3.63) is 94.1 Å². The van der Waals surface area contributed by atoms with E-state index in [0.29, 0.717) is 28.3 Å². The van der Waals surface area contributed by atoms with Gasteiger partial charge in [0.25, 0.3) is 11.7 Å². The molecule has 1 unspecified atom stereocenters. The van der Waals surface area contributed by atoms with Gasteiger partial charge in [-0.15, -0.1) is 0 Å². The van der Waals surface area contributed by atoms with E-state index < -0.39 is 17.7 Å². The minimum atomic E-state index is -0.796. The molecule has 0 spiro atoms. The molecule has 1 atom stereocenters. The van der Waals surface area contributed by atoms with Crippen LogP contribution in [0.25, 0.3) is 5.76 Å². The predicted octanol–water partition coefficient (Wildman–Crippen LogP) is 5.51. The molecule has 180 valence electrons. The number of aryl methyl sites for hydroxylation is 3. The lowest BCUT2D eigenvalue weighted by molar-refractivity contribution is -0.132. The number of carbonyl (C=O) groups excluding carboxylic acids is 2. The number of amides is 1. The van der Waals surface area contributed by atoms with Gasteiger partial charge in [0.05, 0.1) is 25.8 Å². The largest absolute Gasteiger partial charge is 0.507 e. The Morgan fingerprint density at radius 3 is 2.14 bits per heavy atom. The standard InChI is InChI=1S/C29H29NO5/c1-6-19-7-11-21(12-8-19)30-26(20-9-13-22(34-4)14-10-20)25(28(32)29(30)33)27(31)23-15-18(3)24(35-5)16-17(23)2/h7-16,26,31H,6H2,1-5H3/b27-25+. The van der Waals surface area contributed by atoms with Crippen molar-refractivity contribution in [1.82, 2.24) is 0 Å². The van der Waals surface area contributed by atoms with Crippen LogP contribution >= 0.6 is 0 Å². The Balaban J connectivity index is 1.94. The number of hydrogen-bond acceptors (Lipinski definition) is 5. The first-order valence-corrected chi connectivity index (χ1v) is 11.5. The minimum absolute atomic E-state index is 0.0485. The van der Waals surface area contributed by atoms with Gasteiger partial charge in [-0.05, 0) is 78.9 Å². The Kier molecular flexibility index (Phi) is 6.65. The summed E-state index contributed by atoms with van der Waals surface area (Å²) in [4.78, 5) is 28.2. The summed E-state index contributed by atoms with van der Waals surface area (Å²) >= 11 is 0. The van der Waals surface area contributed by atoms with Crippen LogP contribution in [-0.4, -0.2) is 31.0 Å². The number of nitrogens with zero attached hydrogens (tertiary/aromatic N) is 1. The second-order valence-electron chi connectivity index (χ2n) is 8.60. The van der Waals surface area contributed by atoms with E-state index in [1.54, 1.807) is 32.4 Å². The topological polar surface area (TPSA) is 76.1 Å². The number of hydrogen-bond donors (Lipinski definition) is 1. The van der Waals surface area contributed by atoms with Gasteiger partial charge in [-0.25, -0.2) is 0 Å². The Labute approximate surface area is 205 Å². The second kappa shape index (κ2) is 9.66. The maximum Gasteiger partial charge on any atom is 0.300 e. The average Bonchev–Trinajstić information content (AvgIpc) is 3.15. The number of Topliss-reactive ketones (excluding diaryl/α,β-unsaturated/α-hetero) is 1. The summed E-state index contributed by atoms with van der Waals surface area (Å²) in [5.41, 5.74) is 4.48. The summed E-state index contributed by atoms with van der Waals surface area (Å²) in [5.74, 6) is -0.280. The third-order valence-corrected chi connectivity index (χ3v) is 6.50. The molecule has 35 heavy (non-hydrogen) atoms. The highest BCUT2D eigenvalue weighted by Crippen LogP contribution is 2.43. The lowest BCUT2D eigenvalue weighted by Crippen LogP contribution is -2.29. The lowest BCUT2D eigenvalue weighted by atomic mass is 9.93. The van der Waals surface area contributed by atoms with E-state index in [9.17, 15) is 14.7 Å². The van der Waals surface area contributed by atoms with Crippen molar-refractivity contribution in [2.24, 2.45) is 0 Å². The number of aliphatic hydroxyl groups excluding tert-OH is 1. The first kappa shape index (κ1) is 24.1. The first-order chi connectivity index (χ1) is 16.8. The van der Waals surface area contributed by atoms with Crippen molar-refractivity contribution in [3.8, 4) is 11.5 Å². The number of anilines is 1. The maximum atomic E-state index is 13.4. The average molecular weight is 472 g/mol. The highest BCUT2D eigenvalue weighted by Gasteiger charge is 2.47. The van der Waals surface area contributed by atoms with Crippen LogP contribution in [-0.2, 0) is 16.0 Å². The molecule has 3 aromatic carbocycles. The van der Waals surface area contributed by atoms with Gasteiger partial charge in [-0.1, -0.05) is 31.2 Å². The van der Waals surface area contributed by atoms with Crippen LogP contribution in [0, 0.1) is 13.8 Å². The molecule has 6 heteroatoms. The molecule has 1 amide bonds. The number of aliphatic hydroxyl groups is 1. The van der Waals surface area contributed by atoms with Crippen LogP contribution in [0.5, 0.6) is 11.5 Å². The molecule has 4 rings (SSSR count). The molecule has 0 saturated carbocycles. The van der Waals surface area contributed by atoms with Crippen molar-refractivity contribution in [3.63, 3.8) is 0 Å². The van der Waals surface area contributed by atoms with Gasteiger partial charge in [0.15, 0.2) is 0 Å². The van der Waals surface area contributed by atoms with Gasteiger partial charge < -0.3 is 14.6 Å². The van der Waals surface area contributed by atoms with E-state index >= 15 is 0 Å². The summed E-state index contributed by atoms with van der Waals surface area (Å²) in [6.45, 7) is 5.75. The Bertz CT molecular complexity index is 1310. The molecule has 6 nitrogen and oxygen atoms in total. The highest BCUT2D eigenvalue weighted by molar-refractivity contribution is 6.51. The number of rotatable bonds is 6. The van der Waals surface area contributed by atoms with Crippen LogP contribution in [0.1, 0.15) is 40.8 Å². The van der Waals surface area contributed by atoms with Crippen LogP contribution in [0.15, 0.2) is 66.2 Å². The van der Waals surface area contributed by atoms with Gasteiger partial charge in [0.2, 0.25) is 0 Å². The summed E-state index contributed by atoms with van der Waals surface area (Å²) < 4.78 is 10.7. The molecule has 0 aromatic heterocycles. The predicted molar refractivity (Wildman–Crippen MR) is 136 cm³/mol. The van der Waals surface area contributed by atoms with Crippen LogP contribution in [0.4, 0.5) is 5.69 Å². The van der Waals surface area contributed by atoms with E-state index in [2.05, 4.69) is 6.92 Å². The second-order valence-corrected chi connectivity index (χ2v) is 8.60. The van der Waals surface area contributed by atoms with Gasteiger partial charge in [-0.2, -0.15) is 0 Å². The Morgan fingerprint density at radius 2 is 1.57 bits per heavy atom. The monoisotopic (exact) mass is 471 g/mol. The fourth-order valence-electron chi connectivity index (χ4n) is 4.50. The number of ether oxygens (including phenoxy) is 2. The number of methoxy groups -OCH3 is 2. The zero-order valence-corrected chi connectivity index (χ0v) is 20.6. The summed E-state index contributed by atoms with van der Waals surface area (Å²) in [5, 5.41) is 11.5. The van der Waals surface area contributed by atoms with E-state index in [4.69, 9.17) is 9.47 Å². The third-order valence-electron chi connectivity index (χ3n) is 6.50. The molecular formula is C29H29NO5. The zero-order valence-electron chi connectivity index (χ0n) is 20.6. The molecule has 1 fully saturated rings. The molecular weight excluding hydrogens is 442 g/mol. The maximum absolute atomic E-state index is 13.4. The first-order valence-electron chi connectivity index (χ1n) is 11.5. The van der Waals surface area contributed by atoms with Crippen molar-refractivity contribution in [2.45, 2.75) is 33.2 Å². The quantitative estimate of drug-likeness (QED) is 0.291. The van der Waals surface area contributed by atoms with E-state index in [1.165, 1.54) is 4.90 Å². The molecule has 0 radical (unpaired) electrons. The van der Waals surface area contributed by atoms with Crippen molar-refractivity contribution >= 4 is 23.1 Å². The van der Waals surface area contributed by atoms with Gasteiger partial charge in [-0.3, -0.25) is 14.5 Å². The van der Waals surface area contributed by atoms with Gasteiger partial charge in [0.1, 0.15) is 17.3 Å². The number of carbonyl (C=O) groups is 2. The smallest absolute Gasteiger partial charge is 0.300 e. The van der Waals surface area contributed by atoms with E-state index in [0.717, 1.165) is 23.1 Å². The lowest BCUT2D eigenvalue weighted by Gasteiger charge is -2.26. The van der Waals surface area contributed by atoms with Crippen molar-refractivity contribution in [1.29, 1.82) is 0 Å². The fourth-order valence-corrected chi connectivity index (χ4v) is 4.50. The number of ketones is 1. The summed E-state index contributed by atoms with van der Waals surface area (Å²) in [7, 11) is 3.16. The van der Waals surface area contributed by atoms with Gasteiger partial charge >= 0.3 is 0 Å². The van der Waals surface area contributed by atoms with Crippen molar-refractivity contribution < 1.29 is 24.2 Å². The van der Waals surface area contributed by atoms with Crippen LogP contribution in [0.3, 0.4) is 0 Å². The van der Waals surface area contributed by atoms with Gasteiger partial charge in [0, 0.05) is 11.3 Å². The zero-order chi connectivity index (χ0) is 25.3. The van der Waals surface area contributed by atoms with E-state index in [-0.39, 0.29) is 11.3 Å². The molecule has 1 heterocycles. The fraction of sp³-hybridized carbons (Fsp3) is 0.241. The van der Waals surface area contributed by atoms with Crippen LogP contribution < -0.4 is 14.4 Å². The third kappa shape index (κ3) is 4.28. The number of benzene rings is 3. The minimum Gasteiger partial charge on any atom is -0.507 e. The Morgan fingerprint density at radius 1 is 0.914 bits per heavy atom. The normalized spacial score (nSPS) is 17.1. The van der Waals surface area contributed by atoms with Crippen molar-refractivity contribution in [2.75, 3.05) is 19.1 Å². The molecule has 0 aliphatic carbocycles. The van der Waals surface area contributed by atoms with Crippen LogP contribution in [0.2, 0.25) is 0 Å². The highest BCUT2D eigenvalue weighted by atomic mass is 16.5. The summed E-state index contributed by atoms with van der Waals surface area (Å²) in [6.07, 6.45) is 0.858. The molecule has 1 saturated heterocycles. The molecule has 0 bridgehead atoms. The molecule has 1 aliphatic rings.